The van der Waals surface area contributed by atoms with Gasteiger partial charge in [0.15, 0.2) is 6.29 Å². The molecule has 4 fully saturated rings. The topological polar surface area (TPSA) is 38.7 Å². The van der Waals surface area contributed by atoms with Crippen molar-refractivity contribution in [2.45, 2.75) is 115 Å². The van der Waals surface area contributed by atoms with Gasteiger partial charge in [0.25, 0.3) is 0 Å². The van der Waals surface area contributed by atoms with E-state index in [9.17, 15) is 5.11 Å². The Morgan fingerprint density at radius 1 is 0.962 bits per heavy atom. The van der Waals surface area contributed by atoms with Crippen LogP contribution in [0.25, 0.3) is 0 Å². The second kappa shape index (κ2) is 8.49. The van der Waals surface area contributed by atoms with Crippen molar-refractivity contribution in [2.24, 2.45) is 23.2 Å². The Hall–Kier alpha value is -0.120. The van der Waals surface area contributed by atoms with Gasteiger partial charge in [-0.25, -0.2) is 0 Å². The number of hydrogen-bond acceptors (Lipinski definition) is 3. The first-order chi connectivity index (χ1) is 12.6. The van der Waals surface area contributed by atoms with Crippen LogP contribution in [-0.4, -0.2) is 30.2 Å². The summed E-state index contributed by atoms with van der Waals surface area (Å²) in [6.45, 7) is 3.41. The van der Waals surface area contributed by atoms with Crippen LogP contribution in [0, 0.1) is 23.2 Å². The van der Waals surface area contributed by atoms with E-state index in [1.54, 1.807) is 0 Å². The summed E-state index contributed by atoms with van der Waals surface area (Å²) in [4.78, 5) is 0. The van der Waals surface area contributed by atoms with E-state index in [2.05, 4.69) is 6.92 Å². The second-order valence-electron chi connectivity index (χ2n) is 10.0. The van der Waals surface area contributed by atoms with E-state index in [1.807, 2.05) is 0 Å². The van der Waals surface area contributed by atoms with Gasteiger partial charge >= 0.3 is 0 Å². The Bertz CT molecular complexity index is 425. The minimum absolute atomic E-state index is 0.0112. The molecule has 0 spiro atoms. The summed E-state index contributed by atoms with van der Waals surface area (Å²) in [5.41, 5.74) is 0.656. The largest absolute Gasteiger partial charge is 0.393 e. The van der Waals surface area contributed by atoms with Gasteiger partial charge < -0.3 is 14.6 Å². The zero-order valence-corrected chi connectivity index (χ0v) is 16.8. The zero-order chi connectivity index (χ0) is 18.0. The van der Waals surface area contributed by atoms with Gasteiger partial charge in [0, 0.05) is 6.61 Å². The molecule has 4 rings (SSSR count). The van der Waals surface area contributed by atoms with Crippen LogP contribution >= 0.6 is 0 Å². The van der Waals surface area contributed by atoms with Crippen molar-refractivity contribution in [1.82, 2.24) is 0 Å². The van der Waals surface area contributed by atoms with Crippen molar-refractivity contribution in [3.8, 4) is 0 Å². The minimum Gasteiger partial charge on any atom is -0.393 e. The molecular formula is C23H40O3. The van der Waals surface area contributed by atoms with Crippen LogP contribution in [0.15, 0.2) is 0 Å². The normalized spacial score (nSPS) is 41.5. The third kappa shape index (κ3) is 4.64. The van der Waals surface area contributed by atoms with Gasteiger partial charge in [0.2, 0.25) is 0 Å². The van der Waals surface area contributed by atoms with Gasteiger partial charge in [-0.1, -0.05) is 6.92 Å². The highest BCUT2D eigenvalue weighted by atomic mass is 16.7. The summed E-state index contributed by atoms with van der Waals surface area (Å²) in [5, 5.41) is 9.82. The molecule has 0 bridgehead atoms. The molecule has 4 aliphatic rings. The molecule has 3 saturated carbocycles. The van der Waals surface area contributed by atoms with E-state index in [1.165, 1.54) is 70.6 Å². The van der Waals surface area contributed by atoms with Crippen LogP contribution in [0.5, 0.6) is 0 Å². The van der Waals surface area contributed by atoms with Crippen molar-refractivity contribution in [2.75, 3.05) is 6.61 Å². The monoisotopic (exact) mass is 364 g/mol. The standard InChI is InChI=1S/C23H40O3/c1-17(16-23(13-14-23)19-7-9-20(24)10-8-19)18-5-11-21(12-6-18)26-22-4-2-3-15-25-22/h17-22,24H,2-16H2,1H3. The summed E-state index contributed by atoms with van der Waals surface area (Å²) >= 11 is 0. The van der Waals surface area contributed by atoms with Crippen molar-refractivity contribution in [3.63, 3.8) is 0 Å². The van der Waals surface area contributed by atoms with E-state index in [0.717, 1.165) is 43.6 Å². The molecule has 0 amide bonds. The highest BCUT2D eigenvalue weighted by Gasteiger charge is 2.50. The molecule has 0 aromatic rings. The first-order valence-corrected chi connectivity index (χ1v) is 11.6. The Balaban J connectivity index is 1.20. The molecule has 26 heavy (non-hydrogen) atoms. The number of hydrogen-bond donors (Lipinski definition) is 1. The molecule has 1 saturated heterocycles. The maximum absolute atomic E-state index is 9.82. The lowest BCUT2D eigenvalue weighted by Gasteiger charge is -2.38. The average Bonchev–Trinajstić information content (AvgIpc) is 3.44. The molecule has 2 unspecified atom stereocenters. The van der Waals surface area contributed by atoms with E-state index in [4.69, 9.17) is 9.47 Å². The molecule has 3 heteroatoms. The fourth-order valence-corrected chi connectivity index (χ4v) is 6.26. The van der Waals surface area contributed by atoms with Crippen LogP contribution in [-0.2, 0) is 9.47 Å². The van der Waals surface area contributed by atoms with Gasteiger partial charge in [-0.15, -0.1) is 0 Å². The fraction of sp³-hybridized carbons (Fsp3) is 1.00. The van der Waals surface area contributed by atoms with Gasteiger partial charge in [0.1, 0.15) is 0 Å². The number of aliphatic hydroxyl groups excluding tert-OH is 1. The SMILES string of the molecule is CC(CC1(C2CCC(O)CC2)CC1)C1CCC(OC2CCCCO2)CC1. The minimum atomic E-state index is -0.0112. The maximum atomic E-state index is 9.82. The van der Waals surface area contributed by atoms with Crippen molar-refractivity contribution >= 4 is 0 Å². The summed E-state index contributed by atoms with van der Waals surface area (Å²) < 4.78 is 12.0. The third-order valence-electron chi connectivity index (χ3n) is 8.19. The lowest BCUT2D eigenvalue weighted by atomic mass is 9.69. The lowest BCUT2D eigenvalue weighted by molar-refractivity contribution is -0.195. The molecule has 0 aromatic heterocycles. The van der Waals surface area contributed by atoms with E-state index >= 15 is 0 Å². The second-order valence-corrected chi connectivity index (χ2v) is 10.0. The first kappa shape index (κ1) is 19.2. The van der Waals surface area contributed by atoms with E-state index in [0.29, 0.717) is 11.5 Å². The quantitative estimate of drug-likeness (QED) is 0.681. The predicted molar refractivity (Wildman–Crippen MR) is 104 cm³/mol. The van der Waals surface area contributed by atoms with Crippen molar-refractivity contribution in [3.05, 3.63) is 0 Å². The fourth-order valence-electron chi connectivity index (χ4n) is 6.26. The van der Waals surface area contributed by atoms with Crippen LogP contribution in [0.2, 0.25) is 0 Å². The smallest absolute Gasteiger partial charge is 0.157 e. The lowest BCUT2D eigenvalue weighted by Crippen LogP contribution is -2.33. The Kier molecular flexibility index (Phi) is 6.27. The third-order valence-corrected chi connectivity index (χ3v) is 8.19. The van der Waals surface area contributed by atoms with Gasteiger partial charge in [-0.05, 0) is 113 Å². The summed E-state index contributed by atoms with van der Waals surface area (Å²) in [6.07, 6.45) is 18.2. The number of aliphatic hydroxyl groups is 1. The van der Waals surface area contributed by atoms with E-state index < -0.39 is 0 Å². The highest BCUT2D eigenvalue weighted by Crippen LogP contribution is 2.61. The van der Waals surface area contributed by atoms with E-state index in [-0.39, 0.29) is 12.4 Å². The zero-order valence-electron chi connectivity index (χ0n) is 16.8. The summed E-state index contributed by atoms with van der Waals surface area (Å²) in [7, 11) is 0. The van der Waals surface area contributed by atoms with Gasteiger partial charge in [-0.3, -0.25) is 0 Å². The Labute approximate surface area is 160 Å². The molecule has 2 atom stereocenters. The number of ether oxygens (including phenoxy) is 2. The molecular weight excluding hydrogens is 324 g/mol. The first-order valence-electron chi connectivity index (χ1n) is 11.6. The van der Waals surface area contributed by atoms with Crippen molar-refractivity contribution in [1.29, 1.82) is 0 Å². The molecule has 1 aliphatic heterocycles. The van der Waals surface area contributed by atoms with Gasteiger partial charge in [-0.2, -0.15) is 0 Å². The molecule has 0 radical (unpaired) electrons. The Morgan fingerprint density at radius 3 is 2.31 bits per heavy atom. The molecule has 1 heterocycles. The molecule has 1 N–H and O–H groups in total. The van der Waals surface area contributed by atoms with Crippen LogP contribution < -0.4 is 0 Å². The predicted octanol–water partition coefficient (Wildman–Crippen LogP) is 5.45. The molecule has 0 aromatic carbocycles. The van der Waals surface area contributed by atoms with Gasteiger partial charge in [0.05, 0.1) is 12.2 Å². The maximum Gasteiger partial charge on any atom is 0.157 e. The Morgan fingerprint density at radius 2 is 1.69 bits per heavy atom. The molecule has 3 nitrogen and oxygen atoms in total. The van der Waals surface area contributed by atoms with Crippen molar-refractivity contribution < 1.29 is 14.6 Å². The summed E-state index contributed by atoms with van der Waals surface area (Å²) in [5.74, 6) is 2.65. The van der Waals surface area contributed by atoms with Crippen LogP contribution in [0.4, 0.5) is 0 Å². The number of rotatable bonds is 6. The summed E-state index contributed by atoms with van der Waals surface area (Å²) in [6, 6.07) is 0. The van der Waals surface area contributed by atoms with Crippen LogP contribution in [0.1, 0.15) is 96.8 Å². The van der Waals surface area contributed by atoms with Crippen LogP contribution in [0.3, 0.4) is 0 Å². The molecule has 150 valence electrons. The average molecular weight is 365 g/mol. The molecule has 3 aliphatic carbocycles. The highest BCUT2D eigenvalue weighted by molar-refractivity contribution is 5.01.